The topological polar surface area (TPSA) is 43.6 Å². The molecule has 2 aromatic heterocycles. The maximum atomic E-state index is 6.11. The molecule has 8 heteroatoms. The van der Waals surface area contributed by atoms with E-state index in [1.807, 2.05) is 41.8 Å². The number of hydrogen-bond acceptors (Lipinski definition) is 5. The summed E-state index contributed by atoms with van der Waals surface area (Å²) in [7, 11) is 0. The van der Waals surface area contributed by atoms with E-state index in [1.165, 1.54) is 0 Å². The number of hydrogen-bond donors (Lipinski definition) is 0. The average molecular weight is 447 g/mol. The number of aromatic nitrogens is 4. The van der Waals surface area contributed by atoms with Crippen molar-refractivity contribution in [2.24, 2.45) is 0 Å². The van der Waals surface area contributed by atoms with E-state index in [0.29, 0.717) is 10.0 Å². The SMILES string of the molecule is CCn1c(SCc2ccc(Cl)c(Cl)c2)nnc1-c1csc(-c2ccccc2)n1. The minimum atomic E-state index is 0.562. The Morgan fingerprint density at radius 3 is 2.61 bits per heavy atom. The third-order valence-corrected chi connectivity index (χ3v) is 6.81. The summed E-state index contributed by atoms with van der Waals surface area (Å²) in [5.74, 6) is 1.53. The highest BCUT2D eigenvalue weighted by molar-refractivity contribution is 7.98. The van der Waals surface area contributed by atoms with E-state index < -0.39 is 0 Å². The van der Waals surface area contributed by atoms with Gasteiger partial charge in [0.1, 0.15) is 10.7 Å². The Hall–Kier alpha value is -1.86. The third-order valence-electron chi connectivity index (χ3n) is 4.14. The Bertz CT molecular complexity index is 1090. The fraction of sp³-hybridized carbons (Fsp3) is 0.150. The van der Waals surface area contributed by atoms with Crippen LogP contribution in [-0.4, -0.2) is 19.7 Å². The van der Waals surface area contributed by atoms with E-state index in [4.69, 9.17) is 28.2 Å². The first-order chi connectivity index (χ1) is 13.7. The van der Waals surface area contributed by atoms with Gasteiger partial charge in [-0.2, -0.15) is 0 Å². The summed E-state index contributed by atoms with van der Waals surface area (Å²) in [6.07, 6.45) is 0. The summed E-state index contributed by atoms with van der Waals surface area (Å²) < 4.78 is 2.09. The van der Waals surface area contributed by atoms with Crippen LogP contribution in [0.1, 0.15) is 12.5 Å². The molecule has 0 fully saturated rings. The smallest absolute Gasteiger partial charge is 0.191 e. The highest BCUT2D eigenvalue weighted by atomic mass is 35.5. The van der Waals surface area contributed by atoms with Crippen LogP contribution in [0.15, 0.2) is 59.1 Å². The quantitative estimate of drug-likeness (QED) is 0.309. The van der Waals surface area contributed by atoms with Gasteiger partial charge in [-0.1, -0.05) is 71.4 Å². The molecule has 0 N–H and O–H groups in total. The van der Waals surface area contributed by atoms with Gasteiger partial charge in [-0.3, -0.25) is 0 Å². The summed E-state index contributed by atoms with van der Waals surface area (Å²) in [6.45, 7) is 2.85. The monoisotopic (exact) mass is 446 g/mol. The van der Waals surface area contributed by atoms with Gasteiger partial charge in [0.2, 0.25) is 0 Å². The molecule has 0 unspecified atom stereocenters. The van der Waals surface area contributed by atoms with Crippen LogP contribution in [-0.2, 0) is 12.3 Å². The first-order valence-electron chi connectivity index (χ1n) is 8.67. The molecule has 0 spiro atoms. The zero-order chi connectivity index (χ0) is 19.5. The van der Waals surface area contributed by atoms with Crippen molar-refractivity contribution >= 4 is 46.3 Å². The Labute approximate surface area is 181 Å². The van der Waals surface area contributed by atoms with E-state index in [-0.39, 0.29) is 0 Å². The lowest BCUT2D eigenvalue weighted by atomic mass is 10.2. The molecular formula is C20H16Cl2N4S2. The fourth-order valence-corrected chi connectivity index (χ4v) is 4.81. The molecule has 0 saturated heterocycles. The molecule has 2 aromatic carbocycles. The van der Waals surface area contributed by atoms with E-state index in [0.717, 1.165) is 45.1 Å². The van der Waals surface area contributed by atoms with E-state index in [9.17, 15) is 0 Å². The molecule has 28 heavy (non-hydrogen) atoms. The van der Waals surface area contributed by atoms with Crippen LogP contribution in [0, 0.1) is 0 Å². The van der Waals surface area contributed by atoms with E-state index >= 15 is 0 Å². The number of halogens is 2. The number of thiazole rings is 1. The fourth-order valence-electron chi connectivity index (χ4n) is 2.74. The van der Waals surface area contributed by atoms with E-state index in [2.05, 4.69) is 33.8 Å². The predicted octanol–water partition coefficient (Wildman–Crippen LogP) is 6.69. The molecule has 0 saturated carbocycles. The zero-order valence-corrected chi connectivity index (χ0v) is 18.1. The molecule has 0 amide bonds. The van der Waals surface area contributed by atoms with E-state index in [1.54, 1.807) is 23.1 Å². The highest BCUT2D eigenvalue weighted by Gasteiger charge is 2.16. The van der Waals surface area contributed by atoms with Crippen molar-refractivity contribution in [3.05, 3.63) is 69.5 Å². The molecule has 4 rings (SSSR count). The second kappa shape index (κ2) is 8.66. The molecule has 0 bridgehead atoms. The van der Waals surface area contributed by atoms with Crippen LogP contribution in [0.25, 0.3) is 22.1 Å². The lowest BCUT2D eigenvalue weighted by Crippen LogP contribution is -2.00. The summed E-state index contributed by atoms with van der Waals surface area (Å²) in [6, 6.07) is 15.8. The van der Waals surface area contributed by atoms with Gasteiger partial charge in [0, 0.05) is 23.2 Å². The first kappa shape index (κ1) is 19.5. The van der Waals surface area contributed by atoms with Gasteiger partial charge < -0.3 is 4.57 Å². The lowest BCUT2D eigenvalue weighted by Gasteiger charge is -2.06. The van der Waals surface area contributed by atoms with Gasteiger partial charge in [-0.05, 0) is 24.6 Å². The largest absolute Gasteiger partial charge is 0.301 e. The van der Waals surface area contributed by atoms with Crippen LogP contribution >= 0.6 is 46.3 Å². The molecule has 0 aliphatic carbocycles. The minimum Gasteiger partial charge on any atom is -0.301 e. The zero-order valence-electron chi connectivity index (χ0n) is 15.0. The van der Waals surface area contributed by atoms with Gasteiger partial charge in [0.05, 0.1) is 10.0 Å². The van der Waals surface area contributed by atoms with Crippen molar-refractivity contribution in [3.8, 4) is 22.1 Å². The van der Waals surface area contributed by atoms with Crippen LogP contribution in [0.3, 0.4) is 0 Å². The Balaban J connectivity index is 1.56. The maximum Gasteiger partial charge on any atom is 0.191 e. The summed E-state index contributed by atoms with van der Waals surface area (Å²) >= 11 is 15.3. The summed E-state index contributed by atoms with van der Waals surface area (Å²) in [5, 5.41) is 13.8. The second-order valence-corrected chi connectivity index (χ2v) is 8.61. The summed E-state index contributed by atoms with van der Waals surface area (Å²) in [4.78, 5) is 4.77. The van der Waals surface area contributed by atoms with Crippen molar-refractivity contribution in [1.29, 1.82) is 0 Å². The normalized spacial score (nSPS) is 11.1. The van der Waals surface area contributed by atoms with Gasteiger partial charge in [0.15, 0.2) is 11.0 Å². The van der Waals surface area contributed by atoms with Crippen LogP contribution < -0.4 is 0 Å². The number of benzene rings is 2. The number of thioether (sulfide) groups is 1. The van der Waals surface area contributed by atoms with Crippen LogP contribution in [0.5, 0.6) is 0 Å². The summed E-state index contributed by atoms with van der Waals surface area (Å²) in [5.41, 5.74) is 3.04. The second-order valence-electron chi connectivity index (χ2n) is 5.99. The molecule has 0 radical (unpaired) electrons. The molecule has 0 aliphatic rings. The van der Waals surface area contributed by atoms with Crippen molar-refractivity contribution in [1.82, 2.24) is 19.7 Å². The average Bonchev–Trinajstić information content (AvgIpc) is 3.36. The Morgan fingerprint density at radius 2 is 1.86 bits per heavy atom. The molecule has 0 aliphatic heterocycles. The third kappa shape index (κ3) is 4.10. The van der Waals surface area contributed by atoms with Crippen molar-refractivity contribution in [3.63, 3.8) is 0 Å². The Kier molecular flexibility index (Phi) is 6.01. The Morgan fingerprint density at radius 1 is 1.04 bits per heavy atom. The molecule has 4 nitrogen and oxygen atoms in total. The number of rotatable bonds is 6. The van der Waals surface area contributed by atoms with Crippen molar-refractivity contribution in [2.45, 2.75) is 24.4 Å². The van der Waals surface area contributed by atoms with Crippen LogP contribution in [0.2, 0.25) is 10.0 Å². The van der Waals surface area contributed by atoms with Gasteiger partial charge >= 0.3 is 0 Å². The molecule has 4 aromatic rings. The lowest BCUT2D eigenvalue weighted by molar-refractivity contribution is 0.686. The number of nitrogens with zero attached hydrogens (tertiary/aromatic N) is 4. The first-order valence-corrected chi connectivity index (χ1v) is 11.3. The predicted molar refractivity (Wildman–Crippen MR) is 118 cm³/mol. The van der Waals surface area contributed by atoms with Gasteiger partial charge in [0.25, 0.3) is 0 Å². The molecule has 142 valence electrons. The van der Waals surface area contributed by atoms with Crippen molar-refractivity contribution < 1.29 is 0 Å². The molecule has 2 heterocycles. The van der Waals surface area contributed by atoms with Gasteiger partial charge in [-0.25, -0.2) is 4.98 Å². The molecular weight excluding hydrogens is 431 g/mol. The maximum absolute atomic E-state index is 6.11. The highest BCUT2D eigenvalue weighted by Crippen LogP contribution is 2.31. The van der Waals surface area contributed by atoms with Gasteiger partial charge in [-0.15, -0.1) is 21.5 Å². The standard InChI is InChI=1S/C20H16Cl2N4S2/c1-2-26-18(17-12-27-19(23-17)14-6-4-3-5-7-14)24-25-20(26)28-11-13-8-9-15(21)16(22)10-13/h3-10,12H,2,11H2,1H3. The minimum absolute atomic E-state index is 0.562. The molecule has 0 atom stereocenters. The van der Waals surface area contributed by atoms with Crippen LogP contribution in [0.4, 0.5) is 0 Å². The van der Waals surface area contributed by atoms with Crippen molar-refractivity contribution in [2.75, 3.05) is 0 Å².